The lowest BCUT2D eigenvalue weighted by atomic mass is 10.1. The number of hydrogen-bond acceptors (Lipinski definition) is 8. The van der Waals surface area contributed by atoms with Crippen molar-refractivity contribution in [2.24, 2.45) is 0 Å². The first-order valence-electron chi connectivity index (χ1n) is 16.3. The Labute approximate surface area is 245 Å². The van der Waals surface area contributed by atoms with Gasteiger partial charge >= 0.3 is 0 Å². The van der Waals surface area contributed by atoms with E-state index in [0.717, 1.165) is 25.9 Å². The molecule has 0 aliphatic rings. The Kier molecular flexibility index (Phi) is 21.8. The van der Waals surface area contributed by atoms with Crippen LogP contribution in [0.4, 0.5) is 17.8 Å². The summed E-state index contributed by atoms with van der Waals surface area (Å²) in [7, 11) is -2.34. The molecule has 0 amide bonds. The fourth-order valence-corrected chi connectivity index (χ4v) is 5.18. The fraction of sp³-hybridized carbons (Fsp3) is 0.900. The number of hydrogen-bond donors (Lipinski definition) is 3. The average Bonchev–Trinajstić information content (AvgIpc) is 2.93. The van der Waals surface area contributed by atoms with Gasteiger partial charge in [-0.3, -0.25) is 4.55 Å². The second-order valence-electron chi connectivity index (χ2n) is 11.2. The smallest absolute Gasteiger partial charge is 0.266 e. The van der Waals surface area contributed by atoms with Crippen LogP contribution in [0.1, 0.15) is 142 Å². The first kappa shape index (κ1) is 36.3. The van der Waals surface area contributed by atoms with Crippen molar-refractivity contribution < 1.29 is 13.0 Å². The summed E-state index contributed by atoms with van der Waals surface area (Å²) in [6.45, 7) is 6.17. The van der Waals surface area contributed by atoms with E-state index in [0.29, 0.717) is 17.8 Å². The zero-order chi connectivity index (χ0) is 29.3. The molecule has 1 rings (SSSR count). The highest BCUT2D eigenvalue weighted by atomic mass is 32.2. The molecule has 1 aromatic rings. The van der Waals surface area contributed by atoms with Gasteiger partial charge in [-0.05, 0) is 12.8 Å². The molecule has 3 N–H and O–H groups in total. The molecule has 0 radical (unpaired) electrons. The average molecular weight is 585 g/mol. The van der Waals surface area contributed by atoms with E-state index in [4.69, 9.17) is 4.55 Å². The zero-order valence-electron chi connectivity index (χ0n) is 25.9. The standard InChI is InChI=1S/C30H60N6O3S/c1-4-6-8-10-12-14-16-18-20-22-24-31-28-33-29(35-30(34-28)36(3)26-27-40(37,38)39)32-25-23-21-19-17-15-13-11-9-7-5-2/h4-27H2,1-3H3,(H,37,38,39)(H2,31,32,33,34,35). The lowest BCUT2D eigenvalue weighted by Crippen LogP contribution is -2.27. The number of aromatic nitrogens is 3. The van der Waals surface area contributed by atoms with Crippen molar-refractivity contribution in [3.05, 3.63) is 0 Å². The quantitative estimate of drug-likeness (QED) is 0.0667. The Morgan fingerprint density at radius 1 is 0.600 bits per heavy atom. The Morgan fingerprint density at radius 2 is 0.950 bits per heavy atom. The highest BCUT2D eigenvalue weighted by Crippen LogP contribution is 2.15. The van der Waals surface area contributed by atoms with E-state index in [2.05, 4.69) is 39.4 Å². The summed E-state index contributed by atoms with van der Waals surface area (Å²) in [5.41, 5.74) is 0. The molecule has 40 heavy (non-hydrogen) atoms. The van der Waals surface area contributed by atoms with Gasteiger partial charge in [0.25, 0.3) is 10.1 Å². The van der Waals surface area contributed by atoms with Crippen molar-refractivity contribution in [3.63, 3.8) is 0 Å². The third kappa shape index (κ3) is 21.1. The Morgan fingerprint density at radius 3 is 1.30 bits per heavy atom. The van der Waals surface area contributed by atoms with E-state index < -0.39 is 10.1 Å². The molecular formula is C30H60N6O3S. The summed E-state index contributed by atoms with van der Waals surface area (Å²) < 4.78 is 31.5. The molecule has 1 aromatic heterocycles. The van der Waals surface area contributed by atoms with Gasteiger partial charge in [0.15, 0.2) is 0 Å². The molecule has 0 unspecified atom stereocenters. The van der Waals surface area contributed by atoms with Gasteiger partial charge < -0.3 is 15.5 Å². The summed E-state index contributed by atoms with van der Waals surface area (Å²) in [5.74, 6) is 0.989. The van der Waals surface area contributed by atoms with Crippen molar-refractivity contribution >= 4 is 28.0 Å². The van der Waals surface area contributed by atoms with Crippen LogP contribution in [-0.2, 0) is 10.1 Å². The molecule has 0 aliphatic heterocycles. The molecule has 0 aliphatic carbocycles. The molecule has 0 atom stereocenters. The van der Waals surface area contributed by atoms with Gasteiger partial charge in [-0.1, -0.05) is 129 Å². The molecule has 10 heteroatoms. The lowest BCUT2D eigenvalue weighted by Gasteiger charge is -2.18. The normalized spacial score (nSPS) is 11.6. The molecule has 0 fully saturated rings. The maximum Gasteiger partial charge on any atom is 0.266 e. The first-order chi connectivity index (χ1) is 19.4. The minimum absolute atomic E-state index is 0.0958. The van der Waals surface area contributed by atoms with Crippen LogP contribution in [-0.4, -0.2) is 60.4 Å². The van der Waals surface area contributed by atoms with E-state index in [1.807, 2.05) is 0 Å². The summed E-state index contributed by atoms with van der Waals surface area (Å²) >= 11 is 0. The number of rotatable bonds is 28. The fourth-order valence-electron chi connectivity index (χ4n) is 4.67. The van der Waals surface area contributed by atoms with Gasteiger partial charge in [0.05, 0.1) is 5.75 Å². The van der Waals surface area contributed by atoms with E-state index in [9.17, 15) is 8.42 Å². The van der Waals surface area contributed by atoms with Crippen LogP contribution >= 0.6 is 0 Å². The first-order valence-corrected chi connectivity index (χ1v) is 17.9. The van der Waals surface area contributed by atoms with Gasteiger partial charge in [0.1, 0.15) is 0 Å². The molecular weight excluding hydrogens is 524 g/mol. The van der Waals surface area contributed by atoms with Crippen LogP contribution in [0, 0.1) is 0 Å². The van der Waals surface area contributed by atoms with Gasteiger partial charge in [-0.2, -0.15) is 23.4 Å². The monoisotopic (exact) mass is 584 g/mol. The third-order valence-electron chi connectivity index (χ3n) is 7.28. The van der Waals surface area contributed by atoms with E-state index in [1.54, 1.807) is 11.9 Å². The van der Waals surface area contributed by atoms with Crippen LogP contribution < -0.4 is 15.5 Å². The molecule has 0 saturated carbocycles. The summed E-state index contributed by atoms with van der Waals surface area (Å²) in [6, 6.07) is 0. The summed E-state index contributed by atoms with van der Waals surface area (Å²) in [5, 5.41) is 6.65. The SMILES string of the molecule is CCCCCCCCCCCCNc1nc(NCCCCCCCCCCCC)nc(N(C)CCS(=O)(=O)O)n1. The van der Waals surface area contributed by atoms with Crippen molar-refractivity contribution in [2.45, 2.75) is 142 Å². The molecule has 234 valence electrons. The second-order valence-corrected chi connectivity index (χ2v) is 12.8. The maximum absolute atomic E-state index is 11.2. The third-order valence-corrected chi connectivity index (χ3v) is 7.98. The highest BCUT2D eigenvalue weighted by Gasteiger charge is 2.13. The Bertz CT molecular complexity index is 796. The lowest BCUT2D eigenvalue weighted by molar-refractivity contribution is 0.483. The predicted octanol–water partition coefficient (Wildman–Crippen LogP) is 7.86. The maximum atomic E-state index is 11.2. The molecule has 0 aromatic carbocycles. The molecule has 9 nitrogen and oxygen atoms in total. The summed E-state index contributed by atoms with van der Waals surface area (Å²) in [6.07, 6.45) is 25.7. The van der Waals surface area contributed by atoms with Crippen molar-refractivity contribution in [1.82, 2.24) is 15.0 Å². The van der Waals surface area contributed by atoms with Crippen LogP contribution in [0.3, 0.4) is 0 Å². The van der Waals surface area contributed by atoms with Gasteiger partial charge in [0.2, 0.25) is 17.8 Å². The number of unbranched alkanes of at least 4 members (excludes halogenated alkanes) is 18. The number of nitrogens with zero attached hydrogens (tertiary/aromatic N) is 4. The van der Waals surface area contributed by atoms with Crippen LogP contribution in [0.25, 0.3) is 0 Å². The van der Waals surface area contributed by atoms with Gasteiger partial charge in [-0.15, -0.1) is 0 Å². The minimum atomic E-state index is -4.06. The number of anilines is 3. The van der Waals surface area contributed by atoms with Crippen molar-refractivity contribution in [2.75, 3.05) is 48.0 Å². The second kappa shape index (κ2) is 24.0. The van der Waals surface area contributed by atoms with Crippen LogP contribution in [0.15, 0.2) is 0 Å². The Balaban J connectivity index is 2.43. The molecule has 0 spiro atoms. The van der Waals surface area contributed by atoms with E-state index in [-0.39, 0.29) is 12.3 Å². The van der Waals surface area contributed by atoms with E-state index >= 15 is 0 Å². The molecule has 0 bridgehead atoms. The highest BCUT2D eigenvalue weighted by molar-refractivity contribution is 7.85. The molecule has 1 heterocycles. The Hall–Kier alpha value is -1.68. The number of nitrogens with one attached hydrogen (secondary N) is 2. The van der Waals surface area contributed by atoms with Crippen LogP contribution in [0.5, 0.6) is 0 Å². The minimum Gasteiger partial charge on any atom is -0.354 e. The van der Waals surface area contributed by atoms with E-state index in [1.165, 1.54) is 116 Å². The summed E-state index contributed by atoms with van der Waals surface area (Å²) in [4.78, 5) is 15.2. The van der Waals surface area contributed by atoms with Crippen molar-refractivity contribution in [1.29, 1.82) is 0 Å². The topological polar surface area (TPSA) is 120 Å². The van der Waals surface area contributed by atoms with Gasteiger partial charge in [-0.25, -0.2) is 0 Å². The van der Waals surface area contributed by atoms with Crippen LogP contribution in [0.2, 0.25) is 0 Å². The van der Waals surface area contributed by atoms with Crippen molar-refractivity contribution in [3.8, 4) is 0 Å². The zero-order valence-corrected chi connectivity index (χ0v) is 26.7. The largest absolute Gasteiger partial charge is 0.354 e. The predicted molar refractivity (Wildman–Crippen MR) is 170 cm³/mol. The van der Waals surface area contributed by atoms with Gasteiger partial charge in [0, 0.05) is 26.7 Å². The molecule has 0 saturated heterocycles.